The Morgan fingerprint density at radius 3 is 2.61 bits per heavy atom. The fourth-order valence-corrected chi connectivity index (χ4v) is 4.05. The highest BCUT2D eigenvalue weighted by atomic mass is 32.2. The van der Waals surface area contributed by atoms with Gasteiger partial charge < -0.3 is 9.88 Å². The van der Waals surface area contributed by atoms with Gasteiger partial charge >= 0.3 is 0 Å². The van der Waals surface area contributed by atoms with Gasteiger partial charge in [-0.25, -0.2) is 18.5 Å². The molecule has 0 spiro atoms. The van der Waals surface area contributed by atoms with E-state index in [9.17, 15) is 13.2 Å². The van der Waals surface area contributed by atoms with Gasteiger partial charge in [-0.05, 0) is 49.4 Å². The molecule has 0 radical (unpaired) electrons. The Bertz CT molecular complexity index is 1180. The first kappa shape index (κ1) is 19.9. The van der Waals surface area contributed by atoms with E-state index in [1.54, 1.807) is 30.3 Å². The van der Waals surface area contributed by atoms with Crippen LogP contribution in [0, 0.1) is 11.3 Å². The number of nitriles is 1. The Labute approximate surface area is 166 Å². The zero-order valence-corrected chi connectivity index (χ0v) is 16.5. The van der Waals surface area contributed by atoms with Crippen LogP contribution in [-0.2, 0) is 21.4 Å². The van der Waals surface area contributed by atoms with E-state index < -0.39 is 10.0 Å². The summed E-state index contributed by atoms with van der Waals surface area (Å²) >= 11 is 1.25. The molecule has 0 saturated heterocycles. The zero-order valence-electron chi connectivity index (χ0n) is 14.9. The smallest absolute Gasteiger partial charge is 0.238 e. The van der Waals surface area contributed by atoms with Crippen molar-refractivity contribution in [3.63, 3.8) is 0 Å². The van der Waals surface area contributed by atoms with Gasteiger partial charge in [0.2, 0.25) is 15.9 Å². The van der Waals surface area contributed by atoms with Crippen LogP contribution < -0.4 is 10.5 Å². The number of nitrogens with zero attached hydrogens (tertiary/aromatic N) is 3. The van der Waals surface area contributed by atoms with Crippen LogP contribution in [0.5, 0.6) is 0 Å². The first-order chi connectivity index (χ1) is 13.3. The molecule has 10 heteroatoms. The van der Waals surface area contributed by atoms with E-state index in [2.05, 4.69) is 10.3 Å². The second-order valence-corrected chi connectivity index (χ2v) is 8.36. The summed E-state index contributed by atoms with van der Waals surface area (Å²) in [5, 5.41) is 17.4. The fourth-order valence-electron chi connectivity index (χ4n) is 2.64. The molecule has 0 aliphatic heterocycles. The minimum Gasteiger partial charge on any atom is -0.325 e. The number of carbonyl (C=O) groups excluding carboxylic acids is 1. The van der Waals surface area contributed by atoms with E-state index in [1.807, 2.05) is 17.6 Å². The van der Waals surface area contributed by atoms with Crippen LogP contribution in [0.2, 0.25) is 0 Å². The lowest BCUT2D eigenvalue weighted by Crippen LogP contribution is -2.14. The number of amides is 1. The van der Waals surface area contributed by atoms with Crippen LogP contribution >= 0.6 is 11.8 Å². The third-order valence-electron chi connectivity index (χ3n) is 3.96. The Kier molecular flexibility index (Phi) is 5.69. The normalized spacial score (nSPS) is 11.3. The number of hydrogen-bond acceptors (Lipinski definition) is 6. The van der Waals surface area contributed by atoms with Crippen molar-refractivity contribution in [2.45, 2.75) is 23.5 Å². The van der Waals surface area contributed by atoms with Crippen molar-refractivity contribution in [1.29, 1.82) is 5.26 Å². The van der Waals surface area contributed by atoms with E-state index in [-0.39, 0.29) is 16.6 Å². The first-order valence-electron chi connectivity index (χ1n) is 8.27. The van der Waals surface area contributed by atoms with Crippen molar-refractivity contribution < 1.29 is 13.2 Å². The lowest BCUT2D eigenvalue weighted by Gasteiger charge is -2.07. The molecule has 2 aromatic carbocycles. The number of aromatic nitrogens is 2. The Balaban J connectivity index is 1.75. The number of primary sulfonamides is 1. The number of carbonyl (C=O) groups is 1. The molecule has 0 unspecified atom stereocenters. The van der Waals surface area contributed by atoms with Gasteiger partial charge in [0.1, 0.15) is 0 Å². The molecular formula is C18H17N5O3S2. The van der Waals surface area contributed by atoms with E-state index in [0.717, 1.165) is 5.52 Å². The highest BCUT2D eigenvalue weighted by Crippen LogP contribution is 2.26. The van der Waals surface area contributed by atoms with Gasteiger partial charge in [-0.3, -0.25) is 4.79 Å². The molecule has 0 bridgehead atoms. The molecule has 3 rings (SSSR count). The van der Waals surface area contributed by atoms with Crippen molar-refractivity contribution in [3.8, 4) is 6.07 Å². The van der Waals surface area contributed by atoms with Gasteiger partial charge in [0.05, 0.1) is 33.3 Å². The fraction of sp³-hybridized carbons (Fsp3) is 0.167. The van der Waals surface area contributed by atoms with E-state index in [1.165, 1.54) is 23.9 Å². The van der Waals surface area contributed by atoms with Crippen LogP contribution in [-0.4, -0.2) is 29.6 Å². The predicted octanol–water partition coefficient (Wildman–Crippen LogP) is 2.31. The summed E-state index contributed by atoms with van der Waals surface area (Å²) in [6.45, 7) is 2.56. The molecule has 0 atom stereocenters. The van der Waals surface area contributed by atoms with E-state index in [0.29, 0.717) is 28.5 Å². The van der Waals surface area contributed by atoms with Crippen molar-refractivity contribution in [2.75, 3.05) is 11.1 Å². The third kappa shape index (κ3) is 4.33. The van der Waals surface area contributed by atoms with Gasteiger partial charge in [0.15, 0.2) is 5.16 Å². The highest BCUT2D eigenvalue weighted by molar-refractivity contribution is 7.99. The molecule has 3 aromatic rings. The molecule has 1 heterocycles. The second kappa shape index (κ2) is 8.02. The molecule has 144 valence electrons. The number of aryl methyl sites for hydroxylation is 1. The molecule has 0 fully saturated rings. The number of sulfonamides is 1. The van der Waals surface area contributed by atoms with Crippen LogP contribution in [0.1, 0.15) is 12.5 Å². The molecule has 0 aliphatic rings. The Morgan fingerprint density at radius 1 is 1.29 bits per heavy atom. The topological polar surface area (TPSA) is 131 Å². The SMILES string of the molecule is CCn1c(SCC(=O)Nc2ccc(C#N)cc2)nc2cc(S(N)(=O)=O)ccc21. The van der Waals surface area contributed by atoms with Crippen LogP contribution in [0.25, 0.3) is 11.0 Å². The van der Waals surface area contributed by atoms with Crippen LogP contribution in [0.15, 0.2) is 52.5 Å². The molecule has 8 nitrogen and oxygen atoms in total. The van der Waals surface area contributed by atoms with Crippen molar-refractivity contribution in [2.24, 2.45) is 5.14 Å². The molecular weight excluding hydrogens is 398 g/mol. The second-order valence-electron chi connectivity index (χ2n) is 5.86. The van der Waals surface area contributed by atoms with E-state index >= 15 is 0 Å². The summed E-state index contributed by atoms with van der Waals surface area (Å²) in [4.78, 5) is 16.7. The van der Waals surface area contributed by atoms with Gasteiger partial charge in [0.25, 0.3) is 0 Å². The van der Waals surface area contributed by atoms with Crippen molar-refractivity contribution >= 4 is 44.4 Å². The molecule has 0 saturated carbocycles. The highest BCUT2D eigenvalue weighted by Gasteiger charge is 2.15. The number of thioether (sulfide) groups is 1. The third-order valence-corrected chi connectivity index (χ3v) is 5.85. The van der Waals surface area contributed by atoms with Gasteiger partial charge in [0, 0.05) is 12.2 Å². The summed E-state index contributed by atoms with van der Waals surface area (Å²) in [7, 11) is -3.81. The summed E-state index contributed by atoms with van der Waals surface area (Å²) in [5.74, 6) is -0.0830. The van der Waals surface area contributed by atoms with Crippen molar-refractivity contribution in [1.82, 2.24) is 9.55 Å². The Hall–Kier alpha value is -2.87. The molecule has 0 aliphatic carbocycles. The molecule has 28 heavy (non-hydrogen) atoms. The maximum atomic E-state index is 12.2. The number of fused-ring (bicyclic) bond motifs is 1. The van der Waals surface area contributed by atoms with E-state index in [4.69, 9.17) is 10.4 Å². The van der Waals surface area contributed by atoms with Crippen LogP contribution in [0.4, 0.5) is 5.69 Å². The average molecular weight is 416 g/mol. The molecule has 3 N–H and O–H groups in total. The Morgan fingerprint density at radius 2 is 2.00 bits per heavy atom. The minimum absolute atomic E-state index is 0.00383. The number of imidazole rings is 1. The number of hydrogen-bond donors (Lipinski definition) is 2. The maximum Gasteiger partial charge on any atom is 0.238 e. The number of nitrogens with one attached hydrogen (secondary N) is 1. The number of nitrogens with two attached hydrogens (primary N) is 1. The quantitative estimate of drug-likeness (QED) is 0.594. The standard InChI is InChI=1S/C18H17N5O3S2/c1-2-23-16-8-7-14(28(20,25)26)9-15(16)22-18(23)27-11-17(24)21-13-5-3-12(10-19)4-6-13/h3-9H,2,11H2,1H3,(H,21,24)(H2,20,25,26). The summed E-state index contributed by atoms with van der Waals surface area (Å²) in [6.07, 6.45) is 0. The number of benzene rings is 2. The summed E-state index contributed by atoms with van der Waals surface area (Å²) in [5.41, 5.74) is 2.39. The predicted molar refractivity (Wildman–Crippen MR) is 107 cm³/mol. The lowest BCUT2D eigenvalue weighted by molar-refractivity contribution is -0.113. The summed E-state index contributed by atoms with van der Waals surface area (Å²) < 4.78 is 25.0. The van der Waals surface area contributed by atoms with Crippen molar-refractivity contribution in [3.05, 3.63) is 48.0 Å². The van der Waals surface area contributed by atoms with Crippen LogP contribution in [0.3, 0.4) is 0 Å². The largest absolute Gasteiger partial charge is 0.325 e. The van der Waals surface area contributed by atoms with Gasteiger partial charge in [-0.15, -0.1) is 0 Å². The lowest BCUT2D eigenvalue weighted by atomic mass is 10.2. The number of anilines is 1. The maximum absolute atomic E-state index is 12.2. The molecule has 1 amide bonds. The van der Waals surface area contributed by atoms with Gasteiger partial charge in [-0.1, -0.05) is 11.8 Å². The molecule has 1 aromatic heterocycles. The minimum atomic E-state index is -3.81. The van der Waals surface area contributed by atoms with Gasteiger partial charge in [-0.2, -0.15) is 5.26 Å². The average Bonchev–Trinajstić information content (AvgIpc) is 3.03. The zero-order chi connectivity index (χ0) is 20.3. The monoisotopic (exact) mass is 415 g/mol. The number of rotatable bonds is 6. The summed E-state index contributed by atoms with van der Waals surface area (Å²) in [6, 6.07) is 13.1. The first-order valence-corrected chi connectivity index (χ1v) is 10.8.